The van der Waals surface area contributed by atoms with Crippen LogP contribution in [0.15, 0.2) is 36.4 Å². The number of aryl methyl sites for hydroxylation is 1. The highest BCUT2D eigenvalue weighted by molar-refractivity contribution is 5.83. The Hall–Kier alpha value is -1.34. The SMILES string of the molecule is Cc1ccc2cc(C(O)C(C)C)ccc2c1. The molecule has 84 valence electrons. The van der Waals surface area contributed by atoms with Gasteiger partial charge in [-0.15, -0.1) is 0 Å². The van der Waals surface area contributed by atoms with Gasteiger partial charge in [0.25, 0.3) is 0 Å². The molecule has 0 saturated heterocycles. The summed E-state index contributed by atoms with van der Waals surface area (Å²) in [4.78, 5) is 0. The second kappa shape index (κ2) is 4.26. The van der Waals surface area contributed by atoms with Gasteiger partial charge >= 0.3 is 0 Å². The molecule has 0 fully saturated rings. The Morgan fingerprint density at radius 2 is 1.56 bits per heavy atom. The molecule has 1 atom stereocenters. The summed E-state index contributed by atoms with van der Waals surface area (Å²) in [6, 6.07) is 12.6. The highest BCUT2D eigenvalue weighted by Gasteiger charge is 2.11. The maximum absolute atomic E-state index is 10.0. The smallest absolute Gasteiger partial charge is 0.0813 e. The van der Waals surface area contributed by atoms with Crippen LogP contribution in [0, 0.1) is 12.8 Å². The zero-order chi connectivity index (χ0) is 11.7. The second-order valence-electron chi connectivity index (χ2n) is 4.80. The number of fused-ring (bicyclic) bond motifs is 1. The molecule has 0 bridgehead atoms. The van der Waals surface area contributed by atoms with Crippen molar-refractivity contribution in [2.45, 2.75) is 26.9 Å². The average molecular weight is 214 g/mol. The summed E-state index contributed by atoms with van der Waals surface area (Å²) >= 11 is 0. The fourth-order valence-corrected chi connectivity index (χ4v) is 1.95. The summed E-state index contributed by atoms with van der Waals surface area (Å²) in [6.07, 6.45) is -0.370. The average Bonchev–Trinajstić information content (AvgIpc) is 2.27. The molecule has 1 unspecified atom stereocenters. The zero-order valence-corrected chi connectivity index (χ0v) is 10.1. The van der Waals surface area contributed by atoms with Crippen LogP contribution in [-0.2, 0) is 0 Å². The van der Waals surface area contributed by atoms with E-state index >= 15 is 0 Å². The summed E-state index contributed by atoms with van der Waals surface area (Å²) < 4.78 is 0. The minimum Gasteiger partial charge on any atom is -0.388 e. The summed E-state index contributed by atoms with van der Waals surface area (Å²) in [5.41, 5.74) is 2.27. The van der Waals surface area contributed by atoms with Crippen molar-refractivity contribution in [1.29, 1.82) is 0 Å². The van der Waals surface area contributed by atoms with Gasteiger partial charge in [0.2, 0.25) is 0 Å². The molecule has 1 nitrogen and oxygen atoms in total. The van der Waals surface area contributed by atoms with Gasteiger partial charge in [-0.2, -0.15) is 0 Å². The monoisotopic (exact) mass is 214 g/mol. The summed E-state index contributed by atoms with van der Waals surface area (Å²) in [6.45, 7) is 6.16. The normalized spacial score (nSPS) is 13.3. The minimum absolute atomic E-state index is 0.253. The van der Waals surface area contributed by atoms with E-state index in [0.29, 0.717) is 0 Å². The van der Waals surface area contributed by atoms with E-state index in [9.17, 15) is 5.11 Å². The fourth-order valence-electron chi connectivity index (χ4n) is 1.95. The number of hydrogen-bond acceptors (Lipinski definition) is 1. The Kier molecular flexibility index (Phi) is 2.97. The predicted octanol–water partition coefficient (Wildman–Crippen LogP) is 3.84. The molecule has 0 aliphatic heterocycles. The van der Waals surface area contributed by atoms with E-state index in [4.69, 9.17) is 0 Å². The van der Waals surface area contributed by atoms with Crippen LogP contribution in [0.25, 0.3) is 10.8 Å². The molecule has 0 amide bonds. The van der Waals surface area contributed by atoms with Crippen LogP contribution in [0.2, 0.25) is 0 Å². The molecule has 2 rings (SSSR count). The molecule has 0 aliphatic carbocycles. The lowest BCUT2D eigenvalue weighted by molar-refractivity contribution is 0.127. The highest BCUT2D eigenvalue weighted by atomic mass is 16.3. The summed E-state index contributed by atoms with van der Waals surface area (Å²) in [7, 11) is 0. The van der Waals surface area contributed by atoms with Crippen molar-refractivity contribution in [3.63, 3.8) is 0 Å². The van der Waals surface area contributed by atoms with Gasteiger partial charge in [-0.1, -0.05) is 49.7 Å². The van der Waals surface area contributed by atoms with E-state index in [2.05, 4.69) is 37.3 Å². The van der Waals surface area contributed by atoms with Crippen LogP contribution in [-0.4, -0.2) is 5.11 Å². The lowest BCUT2D eigenvalue weighted by Crippen LogP contribution is -2.04. The lowest BCUT2D eigenvalue weighted by Gasteiger charge is -2.15. The molecular formula is C15H18O. The first-order valence-electron chi connectivity index (χ1n) is 5.76. The maximum atomic E-state index is 10.0. The molecule has 0 saturated carbocycles. The minimum atomic E-state index is -0.370. The van der Waals surface area contributed by atoms with Gasteiger partial charge in [0, 0.05) is 0 Å². The third-order valence-electron chi connectivity index (χ3n) is 2.99. The predicted molar refractivity (Wildman–Crippen MR) is 68.5 cm³/mol. The number of aliphatic hydroxyl groups excluding tert-OH is 1. The molecule has 2 aromatic rings. The first kappa shape index (κ1) is 11.2. The Morgan fingerprint density at radius 3 is 2.25 bits per heavy atom. The first-order chi connectivity index (χ1) is 7.58. The van der Waals surface area contributed by atoms with Gasteiger partial charge in [-0.05, 0) is 35.2 Å². The number of aliphatic hydroxyl groups is 1. The molecule has 0 heterocycles. The topological polar surface area (TPSA) is 20.2 Å². The van der Waals surface area contributed by atoms with Gasteiger partial charge < -0.3 is 5.11 Å². The Labute approximate surface area is 96.7 Å². The van der Waals surface area contributed by atoms with E-state index in [-0.39, 0.29) is 12.0 Å². The Morgan fingerprint density at radius 1 is 0.938 bits per heavy atom. The second-order valence-corrected chi connectivity index (χ2v) is 4.80. The number of rotatable bonds is 2. The molecule has 16 heavy (non-hydrogen) atoms. The standard InChI is InChI=1S/C15H18O/c1-10(2)15(16)14-7-6-12-8-11(3)4-5-13(12)9-14/h4-10,15-16H,1-3H3. The maximum Gasteiger partial charge on any atom is 0.0813 e. The van der Waals surface area contributed by atoms with Crippen LogP contribution in [0.3, 0.4) is 0 Å². The molecule has 1 heteroatoms. The van der Waals surface area contributed by atoms with E-state index in [1.54, 1.807) is 0 Å². The van der Waals surface area contributed by atoms with Crippen molar-refractivity contribution in [2.24, 2.45) is 5.92 Å². The third-order valence-corrected chi connectivity index (χ3v) is 2.99. The van der Waals surface area contributed by atoms with Crippen molar-refractivity contribution in [3.8, 4) is 0 Å². The fraction of sp³-hybridized carbons (Fsp3) is 0.333. The quantitative estimate of drug-likeness (QED) is 0.805. The van der Waals surface area contributed by atoms with Crippen LogP contribution in [0.1, 0.15) is 31.1 Å². The summed E-state index contributed by atoms with van der Waals surface area (Å²) in [5, 5.41) is 12.4. The molecule has 2 aromatic carbocycles. The van der Waals surface area contributed by atoms with Crippen molar-refractivity contribution in [1.82, 2.24) is 0 Å². The van der Waals surface area contributed by atoms with Gasteiger partial charge in [0.05, 0.1) is 6.10 Å². The first-order valence-corrected chi connectivity index (χ1v) is 5.76. The van der Waals surface area contributed by atoms with Gasteiger partial charge in [-0.3, -0.25) is 0 Å². The number of benzene rings is 2. The third kappa shape index (κ3) is 2.10. The van der Waals surface area contributed by atoms with Crippen molar-refractivity contribution in [2.75, 3.05) is 0 Å². The van der Waals surface area contributed by atoms with Crippen molar-refractivity contribution < 1.29 is 5.11 Å². The molecule has 0 aliphatic rings. The zero-order valence-electron chi connectivity index (χ0n) is 10.1. The largest absolute Gasteiger partial charge is 0.388 e. The van der Waals surface area contributed by atoms with E-state index in [0.717, 1.165) is 5.56 Å². The molecular weight excluding hydrogens is 196 g/mol. The lowest BCUT2D eigenvalue weighted by atomic mass is 9.96. The van der Waals surface area contributed by atoms with Gasteiger partial charge in [0.1, 0.15) is 0 Å². The Bertz CT molecular complexity index is 500. The Balaban J connectivity index is 2.48. The summed E-state index contributed by atoms with van der Waals surface area (Å²) in [5.74, 6) is 0.253. The van der Waals surface area contributed by atoms with E-state index < -0.39 is 0 Å². The molecule has 0 spiro atoms. The number of hydrogen-bond donors (Lipinski definition) is 1. The molecule has 0 aromatic heterocycles. The van der Waals surface area contributed by atoms with E-state index in [1.807, 2.05) is 19.9 Å². The van der Waals surface area contributed by atoms with Crippen LogP contribution < -0.4 is 0 Å². The molecule has 0 radical (unpaired) electrons. The van der Waals surface area contributed by atoms with Crippen LogP contribution >= 0.6 is 0 Å². The highest BCUT2D eigenvalue weighted by Crippen LogP contribution is 2.25. The van der Waals surface area contributed by atoms with E-state index in [1.165, 1.54) is 16.3 Å². The van der Waals surface area contributed by atoms with Crippen LogP contribution in [0.4, 0.5) is 0 Å². The van der Waals surface area contributed by atoms with Gasteiger partial charge in [0.15, 0.2) is 0 Å². The van der Waals surface area contributed by atoms with Gasteiger partial charge in [-0.25, -0.2) is 0 Å². The van der Waals surface area contributed by atoms with Crippen molar-refractivity contribution >= 4 is 10.8 Å². The van der Waals surface area contributed by atoms with Crippen molar-refractivity contribution in [3.05, 3.63) is 47.5 Å². The molecule has 1 N–H and O–H groups in total. The van der Waals surface area contributed by atoms with Crippen LogP contribution in [0.5, 0.6) is 0 Å².